The molecule has 0 aromatic heterocycles. The quantitative estimate of drug-likeness (QED) is 0.263. The Balaban J connectivity index is 4.98. The molecule has 0 nitrogen and oxygen atoms in total. The van der Waals surface area contributed by atoms with Crippen molar-refractivity contribution in [3.05, 3.63) is 0 Å². The fourth-order valence-electron chi connectivity index (χ4n) is 9.06. The van der Waals surface area contributed by atoms with E-state index >= 15 is 0 Å². The zero-order valence-electron chi connectivity index (χ0n) is 31.5. The normalized spacial score (nSPS) is 19.9. The van der Waals surface area contributed by atoms with Crippen LogP contribution in [0.5, 0.6) is 0 Å². The minimum absolute atomic E-state index is 0.429. The average Bonchev–Trinajstić information content (AvgIpc) is 3.01. The Morgan fingerprint density at radius 3 is 0.974 bits per heavy atom. The molecule has 0 amide bonds. The summed E-state index contributed by atoms with van der Waals surface area (Å²) in [5.74, 6) is 0. The van der Waals surface area contributed by atoms with E-state index in [1.54, 1.807) is 0 Å². The van der Waals surface area contributed by atoms with E-state index in [1.807, 2.05) is 0 Å². The first kappa shape index (κ1) is 38.2. The first-order valence-electron chi connectivity index (χ1n) is 16.3. The van der Waals surface area contributed by atoms with Crippen LogP contribution in [0.2, 0.25) is 55.4 Å². The van der Waals surface area contributed by atoms with Crippen LogP contribution >= 0.6 is 0 Å². The second kappa shape index (κ2) is 11.0. The second-order valence-electron chi connectivity index (χ2n) is 19.9. The van der Waals surface area contributed by atoms with Gasteiger partial charge in [0.1, 0.15) is 0 Å². The van der Waals surface area contributed by atoms with Gasteiger partial charge in [0.05, 0.1) is 22.8 Å². The highest BCUT2D eigenvalue weighted by molar-refractivity contribution is 7.83. The lowest BCUT2D eigenvalue weighted by molar-refractivity contribution is 0.633. The van der Waals surface area contributed by atoms with E-state index in [9.17, 15) is 0 Å². The highest BCUT2D eigenvalue weighted by Crippen LogP contribution is 2.60. The molecule has 1 rings (SSSR count). The van der Waals surface area contributed by atoms with Crippen molar-refractivity contribution in [2.45, 2.75) is 207 Å². The molecule has 0 radical (unpaired) electrons. The van der Waals surface area contributed by atoms with Gasteiger partial charge in [0.2, 0.25) is 0 Å². The molecule has 0 N–H and O–H groups in total. The number of hydrogen-bond donors (Lipinski definition) is 0. The van der Waals surface area contributed by atoms with Gasteiger partial charge in [-0.1, -0.05) is 170 Å². The van der Waals surface area contributed by atoms with Crippen molar-refractivity contribution >= 4 is 49.7 Å². The Morgan fingerprint density at radius 2 is 0.769 bits per heavy atom. The van der Waals surface area contributed by atoms with Crippen LogP contribution < -0.4 is 0 Å². The predicted octanol–water partition coefficient (Wildman–Crippen LogP) is 11.9. The monoisotopic (exact) mass is 638 g/mol. The summed E-state index contributed by atoms with van der Waals surface area (Å²) in [7, 11) is -6.42. The van der Waals surface area contributed by atoms with Gasteiger partial charge in [-0.25, -0.2) is 0 Å². The van der Waals surface area contributed by atoms with Crippen LogP contribution in [0.15, 0.2) is 0 Å². The molecule has 1 atom stereocenters. The molecule has 1 aliphatic rings. The highest BCUT2D eigenvalue weighted by atomic mass is 29.9. The SMILES string of the molecule is CCC1=[Si]([Si](C)(C(C)(C)C)C(C)(C)C)[Si]([Si](C)(C(C)(C)C)C(C)(C)C)=[Si]([Si](C)(C(C)(C)C)C(C)(C)C)C1CC. The first-order chi connectivity index (χ1) is 16.8. The third-order valence-electron chi connectivity index (χ3n) is 12.9. The van der Waals surface area contributed by atoms with E-state index in [4.69, 9.17) is 0 Å². The Labute approximate surface area is 255 Å². The predicted molar refractivity (Wildman–Crippen MR) is 200 cm³/mol. The van der Waals surface area contributed by atoms with Crippen molar-refractivity contribution in [3.8, 4) is 0 Å². The minimum Gasteiger partial charge on any atom is -0.0895 e. The molecule has 0 saturated carbocycles. The van der Waals surface area contributed by atoms with Gasteiger partial charge in [0.15, 0.2) is 0 Å². The van der Waals surface area contributed by atoms with Gasteiger partial charge >= 0.3 is 0 Å². The van der Waals surface area contributed by atoms with E-state index < -0.39 is 44.6 Å². The van der Waals surface area contributed by atoms with Crippen molar-refractivity contribution in [2.75, 3.05) is 0 Å². The lowest BCUT2D eigenvalue weighted by Crippen LogP contribution is -2.74. The van der Waals surface area contributed by atoms with Crippen LogP contribution in [0.25, 0.3) is 0 Å². The van der Waals surface area contributed by atoms with Crippen LogP contribution in [0, 0.1) is 0 Å². The Morgan fingerprint density at radius 1 is 0.487 bits per heavy atom. The van der Waals surface area contributed by atoms with E-state index in [0.717, 1.165) is 5.54 Å². The van der Waals surface area contributed by atoms with E-state index in [0.29, 0.717) is 30.2 Å². The van der Waals surface area contributed by atoms with Gasteiger partial charge in [-0.05, 0) is 56.5 Å². The molecule has 0 bridgehead atoms. The highest BCUT2D eigenvalue weighted by Gasteiger charge is 2.65. The molecule has 1 unspecified atom stereocenters. The molecule has 230 valence electrons. The lowest BCUT2D eigenvalue weighted by Gasteiger charge is -2.59. The Kier molecular flexibility index (Phi) is 10.7. The fourth-order valence-corrected chi connectivity index (χ4v) is 165. The third-order valence-corrected chi connectivity index (χ3v) is 109. The van der Waals surface area contributed by atoms with Gasteiger partial charge in [-0.15, -0.1) is 0 Å². The minimum atomic E-state index is -1.76. The van der Waals surface area contributed by atoms with Crippen LogP contribution in [-0.2, 0) is 0 Å². The number of hydrogen-bond acceptors (Lipinski definition) is 0. The van der Waals surface area contributed by atoms with E-state index in [2.05, 4.69) is 163 Å². The zero-order chi connectivity index (χ0) is 31.8. The molecule has 0 aliphatic carbocycles. The van der Waals surface area contributed by atoms with Gasteiger partial charge in [0.25, 0.3) is 0 Å². The zero-order valence-corrected chi connectivity index (χ0v) is 37.5. The number of rotatable bonds is 5. The van der Waals surface area contributed by atoms with Crippen molar-refractivity contribution < 1.29 is 0 Å². The molecule has 1 heterocycles. The second-order valence-corrected chi connectivity index (χ2v) is 66.5. The van der Waals surface area contributed by atoms with Crippen molar-refractivity contribution in [3.63, 3.8) is 0 Å². The summed E-state index contributed by atoms with van der Waals surface area (Å²) < 4.78 is 0. The molecule has 1 aliphatic heterocycles. The topological polar surface area (TPSA) is 0 Å². The molecule has 0 fully saturated rings. The van der Waals surface area contributed by atoms with Crippen LogP contribution in [0.1, 0.15) is 151 Å². The van der Waals surface area contributed by atoms with Crippen LogP contribution in [0.3, 0.4) is 0 Å². The smallest absolute Gasteiger partial charge is 0.0714 e. The van der Waals surface area contributed by atoms with Crippen molar-refractivity contribution in [1.82, 2.24) is 0 Å². The molecule has 39 heavy (non-hydrogen) atoms. The summed E-state index contributed by atoms with van der Waals surface area (Å²) >= 11 is 0. The summed E-state index contributed by atoms with van der Waals surface area (Å²) in [6, 6.07) is 0. The summed E-state index contributed by atoms with van der Waals surface area (Å²) in [5.41, 5.74) is 0.964. The molecule has 0 saturated heterocycles. The average molecular weight is 639 g/mol. The van der Waals surface area contributed by atoms with E-state index in [-0.39, 0.29) is 0 Å². The van der Waals surface area contributed by atoms with Gasteiger partial charge in [-0.2, -0.15) is 0 Å². The third kappa shape index (κ3) is 5.73. The standard InChI is InChI=1S/C33H74Si6/c1-24-26-27(25-2)35(38(22,30(9,10)11)31(12,13)14)36(39(23,32(15,16)17)33(18,19)20)34(26)37(21,28(3,4)5)29(6,7)8/h26H,24-25H2,1-23H3. The van der Waals surface area contributed by atoms with Gasteiger partial charge in [0, 0.05) is 7.44 Å². The summed E-state index contributed by atoms with van der Waals surface area (Å²) in [6.07, 6.45) is 2.80. The van der Waals surface area contributed by atoms with Gasteiger partial charge < -0.3 is 0 Å². The maximum atomic E-state index is 3.00. The fraction of sp³-hybridized carbons (Fsp3) is 0.970. The van der Waals surface area contributed by atoms with Crippen molar-refractivity contribution in [1.29, 1.82) is 0 Å². The molecule has 0 spiro atoms. The largest absolute Gasteiger partial charge is 0.0895 e. The van der Waals surface area contributed by atoms with E-state index in [1.165, 1.54) is 12.8 Å². The lowest BCUT2D eigenvalue weighted by atomic mass is 10.2. The Bertz CT molecular complexity index is 930. The van der Waals surface area contributed by atoms with Crippen LogP contribution in [-0.4, -0.2) is 49.7 Å². The maximum Gasteiger partial charge on any atom is 0.0714 e. The van der Waals surface area contributed by atoms with Crippen LogP contribution in [0.4, 0.5) is 0 Å². The molecule has 0 aromatic carbocycles. The van der Waals surface area contributed by atoms with Crippen molar-refractivity contribution in [2.24, 2.45) is 0 Å². The van der Waals surface area contributed by atoms with Gasteiger partial charge in [-0.3, -0.25) is 0 Å². The summed E-state index contributed by atoms with van der Waals surface area (Å²) in [6.45, 7) is 62.2. The maximum absolute atomic E-state index is 3.00. The summed E-state index contributed by atoms with van der Waals surface area (Å²) in [4.78, 5) is 0. The molecular formula is C33H74Si6. The molecule has 6 heteroatoms. The Hall–Kier alpha value is 1.17. The summed E-state index contributed by atoms with van der Waals surface area (Å²) in [5, 5.41) is 4.81. The first-order valence-corrected chi connectivity index (χ1v) is 33.3. The molecular weight excluding hydrogens is 565 g/mol. The molecule has 0 aromatic rings.